The average molecular weight is 318 g/mol. The lowest BCUT2D eigenvalue weighted by molar-refractivity contribution is -0.121. The summed E-state index contributed by atoms with van der Waals surface area (Å²) in [6.45, 7) is 2.60. The van der Waals surface area contributed by atoms with Crippen LogP contribution in [0.1, 0.15) is 18.9 Å². The smallest absolute Gasteiger partial charge is 0.328 e. The number of rotatable bonds is 7. The Hall–Kier alpha value is -2.90. The monoisotopic (exact) mass is 318 g/mol. The molecule has 2 aromatic rings. The van der Waals surface area contributed by atoms with E-state index in [4.69, 9.17) is 4.74 Å². The molecular weight excluding hydrogens is 300 g/mol. The molecular formula is C15H18N4O4. The van der Waals surface area contributed by atoms with Crippen molar-refractivity contribution in [2.24, 2.45) is 0 Å². The molecule has 0 bridgehead atoms. The third-order valence-corrected chi connectivity index (χ3v) is 2.98. The number of carbonyl (C=O) groups excluding carboxylic acids is 1. The van der Waals surface area contributed by atoms with E-state index in [0.29, 0.717) is 12.5 Å². The molecule has 0 saturated carbocycles. The minimum absolute atomic E-state index is 0.180. The van der Waals surface area contributed by atoms with Crippen LogP contribution in [0.4, 0.5) is 0 Å². The first-order valence-electron chi connectivity index (χ1n) is 7.23. The summed E-state index contributed by atoms with van der Waals surface area (Å²) < 4.78 is 6.63. The van der Waals surface area contributed by atoms with Crippen molar-refractivity contribution in [3.8, 4) is 5.88 Å². The van der Waals surface area contributed by atoms with Crippen LogP contribution in [0.25, 0.3) is 0 Å². The van der Waals surface area contributed by atoms with Gasteiger partial charge in [-0.3, -0.25) is 19.1 Å². The van der Waals surface area contributed by atoms with Crippen molar-refractivity contribution in [3.05, 3.63) is 57.0 Å². The van der Waals surface area contributed by atoms with Gasteiger partial charge in [0.05, 0.1) is 6.61 Å². The lowest BCUT2D eigenvalue weighted by Crippen LogP contribution is -2.35. The van der Waals surface area contributed by atoms with Gasteiger partial charge in [0.15, 0.2) is 0 Å². The summed E-state index contributed by atoms with van der Waals surface area (Å²) in [6.07, 6.45) is 3.76. The van der Waals surface area contributed by atoms with Crippen molar-refractivity contribution in [2.75, 3.05) is 6.61 Å². The first-order chi connectivity index (χ1) is 11.1. The number of pyridine rings is 1. The van der Waals surface area contributed by atoms with Crippen molar-refractivity contribution in [1.29, 1.82) is 0 Å². The van der Waals surface area contributed by atoms with Gasteiger partial charge < -0.3 is 10.1 Å². The molecule has 0 aromatic carbocycles. The second kappa shape index (κ2) is 7.92. The van der Waals surface area contributed by atoms with Gasteiger partial charge in [-0.25, -0.2) is 9.78 Å². The van der Waals surface area contributed by atoms with Crippen molar-refractivity contribution in [1.82, 2.24) is 19.9 Å². The Bertz CT molecular complexity index is 781. The molecule has 1 amide bonds. The van der Waals surface area contributed by atoms with Gasteiger partial charge in [-0.15, -0.1) is 0 Å². The van der Waals surface area contributed by atoms with E-state index in [-0.39, 0.29) is 19.0 Å². The summed E-state index contributed by atoms with van der Waals surface area (Å²) in [4.78, 5) is 40.6. The molecule has 0 saturated heterocycles. The Labute approximate surface area is 132 Å². The summed E-state index contributed by atoms with van der Waals surface area (Å²) in [5.74, 6) is 0.125. The van der Waals surface area contributed by atoms with Crippen molar-refractivity contribution in [2.45, 2.75) is 26.4 Å². The number of H-pyrrole nitrogens is 1. The van der Waals surface area contributed by atoms with Crippen LogP contribution in [-0.4, -0.2) is 27.0 Å². The van der Waals surface area contributed by atoms with Crippen LogP contribution in [0.2, 0.25) is 0 Å². The molecule has 2 rings (SSSR count). The Balaban J connectivity index is 1.97. The van der Waals surface area contributed by atoms with Crippen LogP contribution in [0.3, 0.4) is 0 Å². The first kappa shape index (κ1) is 16.5. The molecule has 2 aromatic heterocycles. The molecule has 0 aliphatic rings. The molecule has 0 spiro atoms. The standard InChI is InChI=1S/C15H18N4O4/c1-2-8-23-14-11(4-3-6-16-14)9-17-13(21)10-19-7-5-12(20)18-15(19)22/h3-7H,2,8-10H2,1H3,(H,17,21)(H,18,20,22). The van der Waals surface area contributed by atoms with Crippen LogP contribution in [0, 0.1) is 0 Å². The van der Waals surface area contributed by atoms with E-state index in [9.17, 15) is 14.4 Å². The maximum absolute atomic E-state index is 11.9. The van der Waals surface area contributed by atoms with E-state index in [1.54, 1.807) is 12.3 Å². The minimum Gasteiger partial charge on any atom is -0.477 e. The number of nitrogens with one attached hydrogen (secondary N) is 2. The second-order valence-electron chi connectivity index (χ2n) is 4.83. The Morgan fingerprint density at radius 2 is 2.22 bits per heavy atom. The van der Waals surface area contributed by atoms with Gasteiger partial charge in [0.25, 0.3) is 5.56 Å². The number of hydrogen-bond donors (Lipinski definition) is 2. The number of ether oxygens (including phenoxy) is 1. The predicted octanol–water partition coefficient (Wildman–Crippen LogP) is 0.0368. The zero-order valence-corrected chi connectivity index (χ0v) is 12.7. The van der Waals surface area contributed by atoms with Crippen LogP contribution >= 0.6 is 0 Å². The molecule has 0 aliphatic heterocycles. The number of nitrogens with zero attached hydrogens (tertiary/aromatic N) is 2. The average Bonchev–Trinajstić information content (AvgIpc) is 2.54. The van der Waals surface area contributed by atoms with E-state index in [2.05, 4.69) is 15.3 Å². The SMILES string of the molecule is CCCOc1ncccc1CNC(=O)Cn1ccc(=O)[nH]c1=O. The maximum Gasteiger partial charge on any atom is 0.328 e. The molecule has 0 radical (unpaired) electrons. The van der Waals surface area contributed by atoms with Crippen molar-refractivity contribution < 1.29 is 9.53 Å². The van der Waals surface area contributed by atoms with Gasteiger partial charge in [-0.2, -0.15) is 0 Å². The molecule has 0 fully saturated rings. The first-order valence-corrected chi connectivity index (χ1v) is 7.23. The fraction of sp³-hybridized carbons (Fsp3) is 0.333. The van der Waals surface area contributed by atoms with E-state index in [0.717, 1.165) is 16.6 Å². The molecule has 122 valence electrons. The molecule has 23 heavy (non-hydrogen) atoms. The summed E-state index contributed by atoms with van der Waals surface area (Å²) in [6, 6.07) is 4.75. The number of hydrogen-bond acceptors (Lipinski definition) is 5. The van der Waals surface area contributed by atoms with Gasteiger partial charge in [0, 0.05) is 30.6 Å². The van der Waals surface area contributed by atoms with Crippen LogP contribution in [0.5, 0.6) is 5.88 Å². The summed E-state index contributed by atoms with van der Waals surface area (Å²) in [5.41, 5.74) is -0.371. The zero-order valence-electron chi connectivity index (χ0n) is 12.7. The van der Waals surface area contributed by atoms with E-state index in [1.165, 1.54) is 12.3 Å². The number of aromatic amines is 1. The summed E-state index contributed by atoms with van der Waals surface area (Å²) in [5, 5.41) is 2.70. The zero-order chi connectivity index (χ0) is 16.7. The molecule has 2 heterocycles. The Morgan fingerprint density at radius 3 is 2.96 bits per heavy atom. The topological polar surface area (TPSA) is 106 Å². The Morgan fingerprint density at radius 1 is 1.39 bits per heavy atom. The third-order valence-electron chi connectivity index (χ3n) is 2.98. The molecule has 8 nitrogen and oxygen atoms in total. The van der Waals surface area contributed by atoms with Crippen LogP contribution in [-0.2, 0) is 17.9 Å². The van der Waals surface area contributed by atoms with Gasteiger partial charge >= 0.3 is 5.69 Å². The largest absolute Gasteiger partial charge is 0.477 e. The predicted molar refractivity (Wildman–Crippen MR) is 83.2 cm³/mol. The summed E-state index contributed by atoms with van der Waals surface area (Å²) >= 11 is 0. The molecule has 2 N–H and O–H groups in total. The van der Waals surface area contributed by atoms with Gasteiger partial charge in [0.2, 0.25) is 11.8 Å². The van der Waals surface area contributed by atoms with Gasteiger partial charge in [-0.1, -0.05) is 13.0 Å². The highest BCUT2D eigenvalue weighted by atomic mass is 16.5. The van der Waals surface area contributed by atoms with E-state index in [1.807, 2.05) is 13.0 Å². The number of amides is 1. The summed E-state index contributed by atoms with van der Waals surface area (Å²) in [7, 11) is 0. The van der Waals surface area contributed by atoms with Crippen LogP contribution in [0.15, 0.2) is 40.2 Å². The fourth-order valence-corrected chi connectivity index (χ4v) is 1.86. The Kier molecular flexibility index (Phi) is 5.67. The van der Waals surface area contributed by atoms with Gasteiger partial charge in [-0.05, 0) is 12.5 Å². The highest BCUT2D eigenvalue weighted by Crippen LogP contribution is 2.14. The van der Waals surface area contributed by atoms with Crippen molar-refractivity contribution in [3.63, 3.8) is 0 Å². The normalized spacial score (nSPS) is 10.3. The molecule has 0 unspecified atom stereocenters. The van der Waals surface area contributed by atoms with Crippen LogP contribution < -0.4 is 21.3 Å². The highest BCUT2D eigenvalue weighted by molar-refractivity contribution is 5.75. The molecule has 8 heteroatoms. The highest BCUT2D eigenvalue weighted by Gasteiger charge is 2.08. The van der Waals surface area contributed by atoms with Gasteiger partial charge in [0.1, 0.15) is 6.54 Å². The quantitative estimate of drug-likeness (QED) is 0.749. The number of carbonyl (C=O) groups is 1. The number of aromatic nitrogens is 3. The third kappa shape index (κ3) is 4.80. The lowest BCUT2D eigenvalue weighted by atomic mass is 10.2. The van der Waals surface area contributed by atoms with Crippen molar-refractivity contribution >= 4 is 5.91 Å². The molecule has 0 atom stereocenters. The molecule has 0 aliphatic carbocycles. The van der Waals surface area contributed by atoms with E-state index >= 15 is 0 Å². The second-order valence-corrected chi connectivity index (χ2v) is 4.83. The minimum atomic E-state index is -0.624. The van der Waals surface area contributed by atoms with E-state index < -0.39 is 11.2 Å². The fourth-order valence-electron chi connectivity index (χ4n) is 1.86. The maximum atomic E-state index is 11.9. The lowest BCUT2D eigenvalue weighted by Gasteiger charge is -2.11.